The number of aryl methyl sites for hydroxylation is 1. The van der Waals surface area contributed by atoms with E-state index in [-0.39, 0.29) is 18.5 Å². The maximum atomic E-state index is 13.5. The lowest BCUT2D eigenvalue weighted by molar-refractivity contribution is -0.136. The molecule has 0 saturated carbocycles. The van der Waals surface area contributed by atoms with E-state index in [1.54, 1.807) is 0 Å². The van der Waals surface area contributed by atoms with Crippen LogP contribution in [-0.4, -0.2) is 26.1 Å². The van der Waals surface area contributed by atoms with Gasteiger partial charge in [0.15, 0.2) is 17.5 Å². The molecule has 2 rings (SSSR count). The maximum absolute atomic E-state index is 13.5. The first kappa shape index (κ1) is 13.1. The van der Waals surface area contributed by atoms with Crippen LogP contribution in [0.3, 0.4) is 0 Å². The van der Waals surface area contributed by atoms with Gasteiger partial charge in [-0.15, -0.1) is 5.10 Å². The van der Waals surface area contributed by atoms with Gasteiger partial charge in [0, 0.05) is 6.42 Å². The van der Waals surface area contributed by atoms with Crippen LogP contribution in [0.5, 0.6) is 0 Å². The topological polar surface area (TPSA) is 68.0 Å². The average Bonchev–Trinajstić information content (AvgIpc) is 2.82. The summed E-state index contributed by atoms with van der Waals surface area (Å²) in [5.41, 5.74) is 0.0134. The molecule has 0 radical (unpaired) electrons. The Hall–Kier alpha value is -2.38. The number of aromatic nitrogens is 3. The Labute approximate surface area is 105 Å². The smallest absolute Gasteiger partial charge is 0.303 e. The molecule has 2 aromatic rings. The molecular weight excluding hydrogens is 263 g/mol. The van der Waals surface area contributed by atoms with Crippen LogP contribution < -0.4 is 0 Å². The molecule has 100 valence electrons. The maximum Gasteiger partial charge on any atom is 0.303 e. The molecule has 0 aliphatic rings. The second-order valence-electron chi connectivity index (χ2n) is 3.74. The van der Waals surface area contributed by atoms with E-state index in [0.29, 0.717) is 5.69 Å². The van der Waals surface area contributed by atoms with Crippen LogP contribution in [-0.2, 0) is 11.2 Å². The molecule has 0 aliphatic carbocycles. The summed E-state index contributed by atoms with van der Waals surface area (Å²) in [6.07, 6.45) is 1.22. The summed E-state index contributed by atoms with van der Waals surface area (Å²) in [4.78, 5) is 10.4. The summed E-state index contributed by atoms with van der Waals surface area (Å²) in [6, 6.07) is 1.79. The number of benzene rings is 1. The van der Waals surface area contributed by atoms with Crippen molar-refractivity contribution < 1.29 is 23.1 Å². The number of rotatable bonds is 4. The molecule has 0 amide bonds. The molecule has 0 aliphatic heterocycles. The van der Waals surface area contributed by atoms with Crippen molar-refractivity contribution in [2.24, 2.45) is 0 Å². The number of aliphatic carboxylic acids is 1. The molecule has 19 heavy (non-hydrogen) atoms. The van der Waals surface area contributed by atoms with Crippen molar-refractivity contribution >= 4 is 5.97 Å². The lowest BCUT2D eigenvalue weighted by Gasteiger charge is -2.03. The van der Waals surface area contributed by atoms with Gasteiger partial charge in [0.25, 0.3) is 0 Å². The first-order valence-corrected chi connectivity index (χ1v) is 5.26. The van der Waals surface area contributed by atoms with Crippen LogP contribution in [0.15, 0.2) is 18.3 Å². The number of carboxylic acids is 1. The summed E-state index contributed by atoms with van der Waals surface area (Å²) < 4.78 is 40.2. The molecule has 0 fully saturated rings. The Morgan fingerprint density at radius 2 is 2.00 bits per heavy atom. The Kier molecular flexibility index (Phi) is 3.50. The number of carboxylic acid groups (broad SMARTS) is 1. The molecule has 8 heteroatoms. The Morgan fingerprint density at radius 3 is 2.68 bits per heavy atom. The predicted octanol–water partition coefficient (Wildman–Crippen LogP) is 1.70. The number of hydrogen-bond donors (Lipinski definition) is 1. The summed E-state index contributed by atoms with van der Waals surface area (Å²) in [7, 11) is 0. The first-order chi connectivity index (χ1) is 8.99. The SMILES string of the molecule is O=C(O)CCc1cn(-c2ccc(F)c(F)c2F)nn1. The fourth-order valence-corrected chi connectivity index (χ4v) is 1.46. The van der Waals surface area contributed by atoms with Gasteiger partial charge in [0.05, 0.1) is 18.3 Å². The van der Waals surface area contributed by atoms with Gasteiger partial charge in [0.1, 0.15) is 5.69 Å². The van der Waals surface area contributed by atoms with Gasteiger partial charge in [-0.25, -0.2) is 17.9 Å². The Morgan fingerprint density at radius 1 is 1.26 bits per heavy atom. The molecule has 0 atom stereocenters. The van der Waals surface area contributed by atoms with Gasteiger partial charge in [-0.1, -0.05) is 5.21 Å². The lowest BCUT2D eigenvalue weighted by Crippen LogP contribution is -2.02. The standard InChI is InChI=1S/C11H8F3N3O2/c12-7-2-3-8(11(14)10(7)13)17-5-6(15-16-17)1-4-9(18)19/h2-3,5H,1,4H2,(H,18,19). The van der Waals surface area contributed by atoms with Gasteiger partial charge in [-0.3, -0.25) is 4.79 Å². The van der Waals surface area contributed by atoms with Crippen LogP contribution >= 0.6 is 0 Å². The van der Waals surface area contributed by atoms with E-state index in [4.69, 9.17) is 5.11 Å². The van der Waals surface area contributed by atoms with E-state index in [1.165, 1.54) is 6.20 Å². The Balaban J connectivity index is 2.28. The highest BCUT2D eigenvalue weighted by Gasteiger charge is 2.16. The minimum absolute atomic E-state index is 0.112. The molecule has 0 bridgehead atoms. The third-order valence-corrected chi connectivity index (χ3v) is 2.40. The zero-order valence-corrected chi connectivity index (χ0v) is 9.48. The third kappa shape index (κ3) is 2.72. The van der Waals surface area contributed by atoms with Crippen molar-refractivity contribution in [2.75, 3.05) is 0 Å². The van der Waals surface area contributed by atoms with Crippen molar-refractivity contribution in [1.82, 2.24) is 15.0 Å². The van der Waals surface area contributed by atoms with Crippen molar-refractivity contribution in [2.45, 2.75) is 12.8 Å². The minimum Gasteiger partial charge on any atom is -0.481 e. The van der Waals surface area contributed by atoms with E-state index < -0.39 is 23.4 Å². The zero-order valence-electron chi connectivity index (χ0n) is 9.48. The molecule has 1 N–H and O–H groups in total. The van der Waals surface area contributed by atoms with Crippen molar-refractivity contribution in [1.29, 1.82) is 0 Å². The average molecular weight is 271 g/mol. The third-order valence-electron chi connectivity index (χ3n) is 2.40. The van der Waals surface area contributed by atoms with Gasteiger partial charge in [0.2, 0.25) is 0 Å². The van der Waals surface area contributed by atoms with Gasteiger partial charge >= 0.3 is 5.97 Å². The highest BCUT2D eigenvalue weighted by molar-refractivity contribution is 5.66. The van der Waals surface area contributed by atoms with Crippen LogP contribution in [0.2, 0.25) is 0 Å². The number of nitrogens with zero attached hydrogens (tertiary/aromatic N) is 3. The van der Waals surface area contributed by atoms with E-state index >= 15 is 0 Å². The van der Waals surface area contributed by atoms with Gasteiger partial charge in [-0.2, -0.15) is 0 Å². The van der Waals surface area contributed by atoms with Crippen molar-refractivity contribution in [3.63, 3.8) is 0 Å². The first-order valence-electron chi connectivity index (χ1n) is 5.26. The molecule has 0 saturated heterocycles. The second kappa shape index (κ2) is 5.09. The number of halogens is 3. The number of carbonyl (C=O) groups is 1. The number of hydrogen-bond acceptors (Lipinski definition) is 3. The predicted molar refractivity (Wildman–Crippen MR) is 57.2 cm³/mol. The molecule has 5 nitrogen and oxygen atoms in total. The minimum atomic E-state index is -1.60. The highest BCUT2D eigenvalue weighted by atomic mass is 19.2. The van der Waals surface area contributed by atoms with Crippen LogP contribution in [0, 0.1) is 17.5 Å². The summed E-state index contributed by atoms with van der Waals surface area (Å²) >= 11 is 0. The van der Waals surface area contributed by atoms with E-state index in [0.717, 1.165) is 16.8 Å². The molecular formula is C11H8F3N3O2. The molecule has 1 aromatic heterocycles. The largest absolute Gasteiger partial charge is 0.481 e. The van der Waals surface area contributed by atoms with E-state index in [9.17, 15) is 18.0 Å². The lowest BCUT2D eigenvalue weighted by atomic mass is 10.2. The van der Waals surface area contributed by atoms with E-state index in [2.05, 4.69) is 10.3 Å². The van der Waals surface area contributed by atoms with Gasteiger partial charge in [-0.05, 0) is 12.1 Å². The van der Waals surface area contributed by atoms with Crippen LogP contribution in [0.25, 0.3) is 5.69 Å². The summed E-state index contributed by atoms with van der Waals surface area (Å²) in [5, 5.41) is 15.7. The molecule has 0 unspecified atom stereocenters. The summed E-state index contributed by atoms with van der Waals surface area (Å²) in [6.45, 7) is 0. The molecule has 1 heterocycles. The van der Waals surface area contributed by atoms with Crippen LogP contribution in [0.4, 0.5) is 13.2 Å². The second-order valence-corrected chi connectivity index (χ2v) is 3.74. The monoisotopic (exact) mass is 271 g/mol. The van der Waals surface area contributed by atoms with Gasteiger partial charge < -0.3 is 5.11 Å². The van der Waals surface area contributed by atoms with Crippen molar-refractivity contribution in [3.8, 4) is 5.69 Å². The highest BCUT2D eigenvalue weighted by Crippen LogP contribution is 2.18. The van der Waals surface area contributed by atoms with E-state index in [1.807, 2.05) is 0 Å². The summed E-state index contributed by atoms with van der Waals surface area (Å²) in [5.74, 6) is -5.28. The van der Waals surface area contributed by atoms with Crippen LogP contribution in [0.1, 0.15) is 12.1 Å². The normalized spacial score (nSPS) is 10.7. The van der Waals surface area contributed by atoms with Crippen molar-refractivity contribution in [3.05, 3.63) is 41.5 Å². The fraction of sp³-hybridized carbons (Fsp3) is 0.182. The Bertz CT molecular complexity index is 628. The quantitative estimate of drug-likeness (QED) is 0.859. The molecule has 1 aromatic carbocycles. The zero-order chi connectivity index (χ0) is 14.0. The molecule has 0 spiro atoms. The fourth-order valence-electron chi connectivity index (χ4n) is 1.46.